The van der Waals surface area contributed by atoms with Crippen molar-refractivity contribution in [3.8, 4) is 0 Å². The van der Waals surface area contributed by atoms with Crippen LogP contribution in [0, 0.1) is 6.92 Å². The number of ketones is 1. The lowest BCUT2D eigenvalue weighted by Gasteiger charge is -2.07. The SMILES string of the molecule is Cc1ccc2c(c1)C(=O)C(N)CCS2. The van der Waals surface area contributed by atoms with Crippen molar-refractivity contribution in [2.45, 2.75) is 24.3 Å². The van der Waals surface area contributed by atoms with Gasteiger partial charge in [0.2, 0.25) is 0 Å². The molecule has 0 fully saturated rings. The quantitative estimate of drug-likeness (QED) is 0.707. The fraction of sp³-hybridized carbons (Fsp3) is 0.364. The summed E-state index contributed by atoms with van der Waals surface area (Å²) in [6.07, 6.45) is 0.775. The van der Waals surface area contributed by atoms with Gasteiger partial charge >= 0.3 is 0 Å². The van der Waals surface area contributed by atoms with Crippen molar-refractivity contribution in [2.75, 3.05) is 5.75 Å². The van der Waals surface area contributed by atoms with Gasteiger partial charge in [-0.25, -0.2) is 0 Å². The number of rotatable bonds is 0. The number of aryl methyl sites for hydroxylation is 1. The molecule has 74 valence electrons. The second kappa shape index (κ2) is 3.75. The van der Waals surface area contributed by atoms with E-state index < -0.39 is 0 Å². The normalized spacial score (nSPS) is 21.6. The van der Waals surface area contributed by atoms with Crippen LogP contribution >= 0.6 is 11.8 Å². The van der Waals surface area contributed by atoms with E-state index in [4.69, 9.17) is 5.73 Å². The standard InChI is InChI=1S/C11H13NOS/c1-7-2-3-10-8(6-7)11(13)9(12)4-5-14-10/h2-3,6,9H,4-5,12H2,1H3. The lowest BCUT2D eigenvalue weighted by atomic mass is 10.0. The van der Waals surface area contributed by atoms with Gasteiger partial charge in [-0.2, -0.15) is 0 Å². The number of fused-ring (bicyclic) bond motifs is 1. The van der Waals surface area contributed by atoms with Crippen molar-refractivity contribution in [1.82, 2.24) is 0 Å². The molecule has 2 rings (SSSR count). The predicted octanol–water partition coefficient (Wildman–Crippen LogP) is 2.00. The van der Waals surface area contributed by atoms with E-state index in [-0.39, 0.29) is 11.8 Å². The Hall–Kier alpha value is -0.800. The predicted molar refractivity (Wildman–Crippen MR) is 58.8 cm³/mol. The second-order valence-corrected chi connectivity index (χ2v) is 4.74. The molecule has 2 N–H and O–H groups in total. The number of carbonyl (C=O) groups excluding carboxylic acids is 1. The number of carbonyl (C=O) groups is 1. The highest BCUT2D eigenvalue weighted by Crippen LogP contribution is 2.29. The molecule has 0 amide bonds. The Morgan fingerprint density at radius 3 is 3.07 bits per heavy atom. The van der Waals surface area contributed by atoms with Crippen molar-refractivity contribution in [2.24, 2.45) is 5.73 Å². The highest BCUT2D eigenvalue weighted by Gasteiger charge is 2.22. The molecule has 1 aliphatic heterocycles. The molecule has 1 aromatic carbocycles. The Kier molecular flexibility index (Phi) is 2.61. The summed E-state index contributed by atoms with van der Waals surface area (Å²) < 4.78 is 0. The van der Waals surface area contributed by atoms with E-state index in [1.54, 1.807) is 11.8 Å². The molecule has 1 aromatic rings. The minimum absolute atomic E-state index is 0.0914. The number of hydrogen-bond acceptors (Lipinski definition) is 3. The van der Waals surface area contributed by atoms with Gasteiger partial charge in [-0.1, -0.05) is 11.6 Å². The van der Waals surface area contributed by atoms with Gasteiger partial charge in [0.15, 0.2) is 5.78 Å². The molecule has 0 aliphatic carbocycles. The van der Waals surface area contributed by atoms with E-state index in [2.05, 4.69) is 0 Å². The monoisotopic (exact) mass is 207 g/mol. The lowest BCUT2D eigenvalue weighted by Crippen LogP contribution is -2.30. The molecular formula is C11H13NOS. The maximum atomic E-state index is 11.9. The topological polar surface area (TPSA) is 43.1 Å². The fourth-order valence-corrected chi connectivity index (χ4v) is 2.66. The molecule has 1 atom stereocenters. The smallest absolute Gasteiger partial charge is 0.180 e. The summed E-state index contributed by atoms with van der Waals surface area (Å²) in [6.45, 7) is 1.99. The van der Waals surface area contributed by atoms with Crippen LogP contribution in [-0.4, -0.2) is 17.6 Å². The highest BCUT2D eigenvalue weighted by atomic mass is 32.2. The number of hydrogen-bond donors (Lipinski definition) is 1. The maximum Gasteiger partial charge on any atom is 0.180 e. The molecule has 0 aromatic heterocycles. The summed E-state index contributed by atoms with van der Waals surface area (Å²) in [6, 6.07) is 5.68. The molecule has 14 heavy (non-hydrogen) atoms. The van der Waals surface area contributed by atoms with Crippen LogP contribution in [0.4, 0.5) is 0 Å². The first-order valence-corrected chi connectivity index (χ1v) is 5.70. The summed E-state index contributed by atoms with van der Waals surface area (Å²) in [5.74, 6) is 1.02. The first-order valence-electron chi connectivity index (χ1n) is 4.72. The van der Waals surface area contributed by atoms with Gasteiger partial charge in [-0.15, -0.1) is 11.8 Å². The third-order valence-corrected chi connectivity index (χ3v) is 3.53. The average Bonchev–Trinajstić information content (AvgIpc) is 2.30. The largest absolute Gasteiger partial charge is 0.321 e. The van der Waals surface area contributed by atoms with E-state index in [9.17, 15) is 4.79 Å². The van der Waals surface area contributed by atoms with Crippen LogP contribution in [0.25, 0.3) is 0 Å². The minimum atomic E-state index is -0.314. The van der Waals surface area contributed by atoms with E-state index in [0.717, 1.165) is 28.2 Å². The third-order valence-electron chi connectivity index (χ3n) is 2.42. The van der Waals surface area contributed by atoms with Crippen molar-refractivity contribution in [3.05, 3.63) is 29.3 Å². The minimum Gasteiger partial charge on any atom is -0.321 e. The zero-order valence-electron chi connectivity index (χ0n) is 8.12. The van der Waals surface area contributed by atoms with E-state index in [1.807, 2.05) is 25.1 Å². The Morgan fingerprint density at radius 1 is 1.50 bits per heavy atom. The average molecular weight is 207 g/mol. The Balaban J connectivity index is 2.50. The van der Waals surface area contributed by atoms with Gasteiger partial charge in [0.1, 0.15) is 0 Å². The van der Waals surface area contributed by atoms with Crippen LogP contribution in [0.2, 0.25) is 0 Å². The maximum absolute atomic E-state index is 11.9. The number of Topliss-reactive ketones (excluding diaryl/α,β-unsaturated/α-hetero) is 1. The van der Waals surface area contributed by atoms with Crippen LogP contribution < -0.4 is 5.73 Å². The van der Waals surface area contributed by atoms with E-state index >= 15 is 0 Å². The summed E-state index contributed by atoms with van der Waals surface area (Å²) in [4.78, 5) is 12.9. The summed E-state index contributed by atoms with van der Waals surface area (Å²) in [7, 11) is 0. The summed E-state index contributed by atoms with van der Waals surface area (Å²) in [5, 5.41) is 0. The second-order valence-electron chi connectivity index (χ2n) is 3.61. The molecule has 2 nitrogen and oxygen atoms in total. The van der Waals surface area contributed by atoms with Crippen molar-refractivity contribution < 1.29 is 4.79 Å². The Morgan fingerprint density at radius 2 is 2.29 bits per heavy atom. The zero-order chi connectivity index (χ0) is 10.1. The number of benzene rings is 1. The molecule has 0 saturated heterocycles. The molecular weight excluding hydrogens is 194 g/mol. The van der Waals surface area contributed by atoms with E-state index in [1.165, 1.54) is 0 Å². The van der Waals surface area contributed by atoms with Gasteiger partial charge in [0.05, 0.1) is 6.04 Å². The van der Waals surface area contributed by atoms with Gasteiger partial charge < -0.3 is 5.73 Å². The molecule has 3 heteroatoms. The van der Waals surface area contributed by atoms with Crippen LogP contribution in [0.5, 0.6) is 0 Å². The Labute approximate surface area is 87.9 Å². The zero-order valence-corrected chi connectivity index (χ0v) is 8.93. The number of thioether (sulfide) groups is 1. The van der Waals surface area contributed by atoms with E-state index in [0.29, 0.717) is 0 Å². The lowest BCUT2D eigenvalue weighted by molar-refractivity contribution is 0.0958. The van der Waals surface area contributed by atoms with Crippen molar-refractivity contribution in [3.63, 3.8) is 0 Å². The van der Waals surface area contributed by atoms with Crippen LogP contribution in [0.3, 0.4) is 0 Å². The fourth-order valence-electron chi connectivity index (χ4n) is 1.59. The van der Waals surface area contributed by atoms with Gasteiger partial charge in [-0.05, 0) is 31.2 Å². The third kappa shape index (κ3) is 1.70. The van der Waals surface area contributed by atoms with Gasteiger partial charge in [-0.3, -0.25) is 4.79 Å². The first-order chi connectivity index (χ1) is 6.68. The number of nitrogens with two attached hydrogens (primary N) is 1. The van der Waals surface area contributed by atoms with Crippen LogP contribution in [0.15, 0.2) is 23.1 Å². The first kappa shape index (κ1) is 9.74. The van der Waals surface area contributed by atoms with Crippen LogP contribution in [0.1, 0.15) is 22.3 Å². The Bertz CT molecular complexity index is 376. The molecule has 1 heterocycles. The molecule has 1 aliphatic rings. The molecule has 0 bridgehead atoms. The highest BCUT2D eigenvalue weighted by molar-refractivity contribution is 7.99. The van der Waals surface area contributed by atoms with Crippen molar-refractivity contribution >= 4 is 17.5 Å². The molecule has 0 radical (unpaired) electrons. The van der Waals surface area contributed by atoms with Crippen LogP contribution in [-0.2, 0) is 0 Å². The summed E-state index contributed by atoms with van der Waals surface area (Å²) in [5.41, 5.74) is 7.70. The molecule has 0 saturated carbocycles. The van der Waals surface area contributed by atoms with Gasteiger partial charge in [0, 0.05) is 10.5 Å². The van der Waals surface area contributed by atoms with Gasteiger partial charge in [0.25, 0.3) is 0 Å². The molecule has 0 spiro atoms. The summed E-state index contributed by atoms with van der Waals surface area (Å²) >= 11 is 1.72. The molecule has 1 unspecified atom stereocenters. The van der Waals surface area contributed by atoms with Crippen molar-refractivity contribution in [1.29, 1.82) is 0 Å².